The molecule has 0 unspecified atom stereocenters. The molecule has 0 radical (unpaired) electrons. The summed E-state index contributed by atoms with van der Waals surface area (Å²) in [6.45, 7) is 1.96. The van der Waals surface area contributed by atoms with E-state index in [1.54, 1.807) is 34.3 Å². The Morgan fingerprint density at radius 3 is 2.36 bits per heavy atom. The first-order valence-electron chi connectivity index (χ1n) is 8.92. The molecular formula is C20H18BrN5O2. The van der Waals surface area contributed by atoms with E-state index >= 15 is 0 Å². The zero-order valence-corrected chi connectivity index (χ0v) is 16.6. The molecule has 28 heavy (non-hydrogen) atoms. The van der Waals surface area contributed by atoms with Gasteiger partial charge in [0.05, 0.1) is 11.3 Å². The Bertz CT molecular complexity index is 997. The average molecular weight is 440 g/mol. The van der Waals surface area contributed by atoms with Crippen LogP contribution in [0.1, 0.15) is 20.8 Å². The molecule has 0 spiro atoms. The number of carbonyl (C=O) groups excluding carboxylic acids is 2. The van der Waals surface area contributed by atoms with Crippen LogP contribution in [-0.2, 0) is 0 Å². The maximum absolute atomic E-state index is 12.8. The van der Waals surface area contributed by atoms with Gasteiger partial charge in [-0.05, 0) is 46.3 Å². The molecule has 3 heterocycles. The Labute approximate surface area is 170 Å². The van der Waals surface area contributed by atoms with Crippen LogP contribution in [0.2, 0.25) is 0 Å². The van der Waals surface area contributed by atoms with E-state index in [-0.39, 0.29) is 11.8 Å². The largest absolute Gasteiger partial charge is 0.335 e. The van der Waals surface area contributed by atoms with Crippen molar-refractivity contribution in [1.82, 2.24) is 25.0 Å². The average Bonchev–Trinajstić information content (AvgIpc) is 3.24. The Morgan fingerprint density at radius 1 is 0.964 bits per heavy atom. The smallest absolute Gasteiger partial charge is 0.272 e. The minimum Gasteiger partial charge on any atom is -0.335 e. The van der Waals surface area contributed by atoms with Crippen LogP contribution >= 0.6 is 15.9 Å². The first-order chi connectivity index (χ1) is 13.6. The number of piperazine rings is 1. The molecule has 1 N–H and O–H groups in total. The molecule has 1 aliphatic heterocycles. The SMILES string of the molecule is O=C(c1cc(-c2cccnc2)n[nH]1)N1CCN(C(=O)c2ccccc2Br)CC1. The van der Waals surface area contributed by atoms with E-state index in [4.69, 9.17) is 0 Å². The summed E-state index contributed by atoms with van der Waals surface area (Å²) in [6.07, 6.45) is 3.40. The molecule has 2 amide bonds. The fourth-order valence-electron chi connectivity index (χ4n) is 3.18. The van der Waals surface area contributed by atoms with Gasteiger partial charge in [-0.3, -0.25) is 19.7 Å². The number of aromatic amines is 1. The first kappa shape index (κ1) is 18.4. The molecule has 1 aliphatic rings. The number of rotatable bonds is 3. The number of hydrogen-bond donors (Lipinski definition) is 1. The van der Waals surface area contributed by atoms with Crippen molar-refractivity contribution in [2.75, 3.05) is 26.2 Å². The van der Waals surface area contributed by atoms with Crippen molar-refractivity contribution in [2.24, 2.45) is 0 Å². The van der Waals surface area contributed by atoms with Gasteiger partial charge in [-0.1, -0.05) is 12.1 Å². The van der Waals surface area contributed by atoms with Crippen molar-refractivity contribution in [1.29, 1.82) is 0 Å². The fourth-order valence-corrected chi connectivity index (χ4v) is 3.64. The number of H-pyrrole nitrogens is 1. The van der Waals surface area contributed by atoms with Crippen molar-refractivity contribution in [2.45, 2.75) is 0 Å². The zero-order chi connectivity index (χ0) is 19.5. The molecule has 1 fully saturated rings. The highest BCUT2D eigenvalue weighted by molar-refractivity contribution is 9.10. The van der Waals surface area contributed by atoms with Crippen LogP contribution in [-0.4, -0.2) is 63.0 Å². The van der Waals surface area contributed by atoms with E-state index in [0.29, 0.717) is 43.1 Å². The van der Waals surface area contributed by atoms with Gasteiger partial charge in [0.15, 0.2) is 0 Å². The number of carbonyl (C=O) groups is 2. The van der Waals surface area contributed by atoms with E-state index < -0.39 is 0 Å². The van der Waals surface area contributed by atoms with Gasteiger partial charge in [0, 0.05) is 48.6 Å². The fraction of sp³-hybridized carbons (Fsp3) is 0.200. The molecule has 142 valence electrons. The van der Waals surface area contributed by atoms with E-state index in [0.717, 1.165) is 10.0 Å². The summed E-state index contributed by atoms with van der Waals surface area (Å²) in [5, 5.41) is 7.03. The topological polar surface area (TPSA) is 82.2 Å². The zero-order valence-electron chi connectivity index (χ0n) is 15.0. The Kier molecular flexibility index (Phi) is 5.21. The summed E-state index contributed by atoms with van der Waals surface area (Å²) < 4.78 is 0.777. The van der Waals surface area contributed by atoms with Crippen molar-refractivity contribution in [3.05, 3.63) is 70.6 Å². The van der Waals surface area contributed by atoms with Gasteiger partial charge >= 0.3 is 0 Å². The van der Waals surface area contributed by atoms with Crippen LogP contribution in [0.25, 0.3) is 11.3 Å². The summed E-state index contributed by atoms with van der Waals surface area (Å²) in [5.74, 6) is -0.143. The van der Waals surface area contributed by atoms with E-state index in [9.17, 15) is 9.59 Å². The first-order valence-corrected chi connectivity index (χ1v) is 9.71. The molecule has 2 aromatic heterocycles. The van der Waals surface area contributed by atoms with Gasteiger partial charge < -0.3 is 9.80 Å². The number of aromatic nitrogens is 3. The summed E-state index contributed by atoms with van der Waals surface area (Å²) >= 11 is 3.42. The highest BCUT2D eigenvalue weighted by atomic mass is 79.9. The highest BCUT2D eigenvalue weighted by Crippen LogP contribution is 2.20. The highest BCUT2D eigenvalue weighted by Gasteiger charge is 2.27. The number of halogens is 1. The monoisotopic (exact) mass is 439 g/mol. The van der Waals surface area contributed by atoms with Crippen molar-refractivity contribution >= 4 is 27.7 Å². The predicted octanol–water partition coefficient (Wildman–Crippen LogP) is 2.83. The van der Waals surface area contributed by atoms with Gasteiger partial charge in [-0.2, -0.15) is 5.10 Å². The van der Waals surface area contributed by atoms with Crippen LogP contribution in [0.4, 0.5) is 0 Å². The third-order valence-electron chi connectivity index (χ3n) is 4.72. The lowest BCUT2D eigenvalue weighted by Gasteiger charge is -2.34. The Balaban J connectivity index is 1.40. The van der Waals surface area contributed by atoms with Gasteiger partial charge in [-0.25, -0.2) is 0 Å². The van der Waals surface area contributed by atoms with E-state index in [1.807, 2.05) is 30.3 Å². The number of amides is 2. The van der Waals surface area contributed by atoms with Crippen LogP contribution in [0.5, 0.6) is 0 Å². The molecule has 1 saturated heterocycles. The third-order valence-corrected chi connectivity index (χ3v) is 5.42. The number of hydrogen-bond acceptors (Lipinski definition) is 4. The minimum atomic E-state index is -0.115. The van der Waals surface area contributed by atoms with Crippen LogP contribution in [0.3, 0.4) is 0 Å². The molecule has 4 rings (SSSR count). The molecule has 7 nitrogen and oxygen atoms in total. The second-order valence-electron chi connectivity index (χ2n) is 6.47. The standard InChI is InChI=1S/C20H18BrN5O2/c21-16-6-2-1-5-15(16)19(27)25-8-10-26(11-9-25)20(28)18-12-17(23-24-18)14-4-3-7-22-13-14/h1-7,12-13H,8-11H2,(H,23,24). The summed E-state index contributed by atoms with van der Waals surface area (Å²) in [6, 6.07) is 12.8. The summed E-state index contributed by atoms with van der Waals surface area (Å²) in [4.78, 5) is 33.1. The van der Waals surface area contributed by atoms with Crippen molar-refractivity contribution in [3.63, 3.8) is 0 Å². The summed E-state index contributed by atoms with van der Waals surface area (Å²) in [7, 11) is 0. The number of nitrogens with one attached hydrogen (secondary N) is 1. The Morgan fingerprint density at radius 2 is 1.68 bits per heavy atom. The minimum absolute atomic E-state index is 0.0278. The lowest BCUT2D eigenvalue weighted by Crippen LogP contribution is -2.50. The number of benzene rings is 1. The molecule has 1 aromatic carbocycles. The molecule has 0 aliphatic carbocycles. The van der Waals surface area contributed by atoms with Gasteiger partial charge in [-0.15, -0.1) is 0 Å². The second kappa shape index (κ2) is 7.93. The molecule has 3 aromatic rings. The van der Waals surface area contributed by atoms with Crippen LogP contribution < -0.4 is 0 Å². The predicted molar refractivity (Wildman–Crippen MR) is 108 cm³/mol. The maximum atomic E-state index is 12.8. The lowest BCUT2D eigenvalue weighted by atomic mass is 10.1. The molecule has 8 heteroatoms. The normalized spacial score (nSPS) is 14.2. The van der Waals surface area contributed by atoms with Gasteiger partial charge in [0.1, 0.15) is 5.69 Å². The quantitative estimate of drug-likeness (QED) is 0.679. The lowest BCUT2D eigenvalue weighted by molar-refractivity contribution is 0.0532. The summed E-state index contributed by atoms with van der Waals surface area (Å²) in [5.41, 5.74) is 2.60. The second-order valence-corrected chi connectivity index (χ2v) is 7.33. The Hall–Kier alpha value is -3.00. The van der Waals surface area contributed by atoms with Crippen LogP contribution in [0, 0.1) is 0 Å². The van der Waals surface area contributed by atoms with Gasteiger partial charge in [0.2, 0.25) is 0 Å². The van der Waals surface area contributed by atoms with E-state index in [1.165, 1.54) is 0 Å². The van der Waals surface area contributed by atoms with Crippen LogP contribution in [0.15, 0.2) is 59.3 Å². The number of nitrogens with zero attached hydrogens (tertiary/aromatic N) is 4. The third kappa shape index (κ3) is 3.68. The maximum Gasteiger partial charge on any atom is 0.272 e. The molecule has 0 atom stereocenters. The number of pyridine rings is 1. The van der Waals surface area contributed by atoms with E-state index in [2.05, 4.69) is 31.1 Å². The van der Waals surface area contributed by atoms with Crippen molar-refractivity contribution in [3.8, 4) is 11.3 Å². The van der Waals surface area contributed by atoms with Gasteiger partial charge in [0.25, 0.3) is 11.8 Å². The molecule has 0 saturated carbocycles. The molecular weight excluding hydrogens is 422 g/mol. The van der Waals surface area contributed by atoms with Crippen molar-refractivity contribution < 1.29 is 9.59 Å². The molecule has 0 bridgehead atoms.